The SMILES string of the molecule is NC(=O)Cc1ccc(NC(=O)C2(Cc3cccc(F)c3)CCCCC2)cc1. The lowest BCUT2D eigenvalue weighted by molar-refractivity contribution is -0.127. The summed E-state index contributed by atoms with van der Waals surface area (Å²) in [5, 5.41) is 3.02. The molecule has 142 valence electrons. The van der Waals surface area contributed by atoms with Gasteiger partial charge in [-0.05, 0) is 54.7 Å². The molecule has 1 aliphatic carbocycles. The number of amides is 2. The van der Waals surface area contributed by atoms with Crippen LogP contribution in [0.2, 0.25) is 0 Å². The summed E-state index contributed by atoms with van der Waals surface area (Å²) in [4.78, 5) is 24.2. The first kappa shape index (κ1) is 19.1. The van der Waals surface area contributed by atoms with Crippen LogP contribution in [0.1, 0.15) is 43.2 Å². The molecule has 0 aromatic heterocycles. The third kappa shape index (κ3) is 4.94. The van der Waals surface area contributed by atoms with Gasteiger partial charge in [-0.2, -0.15) is 0 Å². The Bertz CT molecular complexity index is 811. The highest BCUT2D eigenvalue weighted by Gasteiger charge is 2.39. The van der Waals surface area contributed by atoms with Crippen LogP contribution in [0.5, 0.6) is 0 Å². The Kier molecular flexibility index (Phi) is 5.89. The van der Waals surface area contributed by atoms with Gasteiger partial charge < -0.3 is 11.1 Å². The van der Waals surface area contributed by atoms with Gasteiger partial charge in [0.15, 0.2) is 0 Å². The minimum atomic E-state index is -0.516. The Morgan fingerprint density at radius 1 is 1.00 bits per heavy atom. The number of nitrogens with one attached hydrogen (secondary N) is 1. The quantitative estimate of drug-likeness (QED) is 0.809. The Balaban J connectivity index is 1.76. The molecule has 0 saturated heterocycles. The first-order chi connectivity index (χ1) is 13.0. The van der Waals surface area contributed by atoms with Crippen LogP contribution in [-0.2, 0) is 22.4 Å². The number of primary amides is 1. The first-order valence-corrected chi connectivity index (χ1v) is 9.40. The van der Waals surface area contributed by atoms with Crippen molar-refractivity contribution < 1.29 is 14.0 Å². The van der Waals surface area contributed by atoms with E-state index in [0.29, 0.717) is 12.1 Å². The summed E-state index contributed by atoms with van der Waals surface area (Å²) in [6.07, 6.45) is 5.44. The predicted octanol–water partition coefficient (Wildman–Crippen LogP) is 3.99. The third-order valence-electron chi connectivity index (χ3n) is 5.31. The minimum absolute atomic E-state index is 0.0193. The second kappa shape index (κ2) is 8.33. The predicted molar refractivity (Wildman–Crippen MR) is 104 cm³/mol. The van der Waals surface area contributed by atoms with Crippen molar-refractivity contribution in [3.05, 3.63) is 65.5 Å². The molecule has 0 bridgehead atoms. The van der Waals surface area contributed by atoms with E-state index in [0.717, 1.165) is 43.2 Å². The highest BCUT2D eigenvalue weighted by Crippen LogP contribution is 2.40. The monoisotopic (exact) mass is 368 g/mol. The van der Waals surface area contributed by atoms with Crippen LogP contribution in [0, 0.1) is 11.2 Å². The number of rotatable bonds is 6. The van der Waals surface area contributed by atoms with Crippen LogP contribution < -0.4 is 11.1 Å². The zero-order valence-corrected chi connectivity index (χ0v) is 15.3. The fraction of sp³-hybridized carbons (Fsp3) is 0.364. The number of benzene rings is 2. The van der Waals surface area contributed by atoms with Crippen LogP contribution in [0.3, 0.4) is 0 Å². The summed E-state index contributed by atoms with van der Waals surface area (Å²) in [5.41, 5.74) is 7.05. The molecule has 1 aliphatic rings. The van der Waals surface area contributed by atoms with E-state index in [2.05, 4.69) is 5.32 Å². The maximum absolute atomic E-state index is 13.6. The molecule has 0 spiro atoms. The van der Waals surface area contributed by atoms with E-state index in [4.69, 9.17) is 5.73 Å². The molecular formula is C22H25FN2O2. The Morgan fingerprint density at radius 2 is 1.70 bits per heavy atom. The second-order valence-electron chi connectivity index (χ2n) is 7.44. The number of nitrogens with two attached hydrogens (primary N) is 1. The molecule has 4 nitrogen and oxygen atoms in total. The van der Waals surface area contributed by atoms with E-state index in [1.54, 1.807) is 30.3 Å². The van der Waals surface area contributed by atoms with Crippen LogP contribution in [0.4, 0.5) is 10.1 Å². The van der Waals surface area contributed by atoms with Crippen molar-refractivity contribution in [2.75, 3.05) is 5.32 Å². The Labute approximate surface area is 159 Å². The number of hydrogen-bond acceptors (Lipinski definition) is 2. The molecule has 27 heavy (non-hydrogen) atoms. The van der Waals surface area contributed by atoms with Gasteiger partial charge in [-0.1, -0.05) is 43.5 Å². The average molecular weight is 368 g/mol. The lowest BCUT2D eigenvalue weighted by Gasteiger charge is -2.36. The van der Waals surface area contributed by atoms with Crippen molar-refractivity contribution in [1.29, 1.82) is 0 Å². The molecule has 1 saturated carbocycles. The van der Waals surface area contributed by atoms with E-state index in [1.807, 2.05) is 6.07 Å². The van der Waals surface area contributed by atoms with Crippen molar-refractivity contribution in [3.8, 4) is 0 Å². The highest BCUT2D eigenvalue weighted by atomic mass is 19.1. The molecule has 0 radical (unpaired) electrons. The van der Waals surface area contributed by atoms with E-state index in [-0.39, 0.29) is 24.1 Å². The molecule has 5 heteroatoms. The largest absolute Gasteiger partial charge is 0.369 e. The zero-order chi connectivity index (χ0) is 19.3. The maximum atomic E-state index is 13.6. The fourth-order valence-corrected chi connectivity index (χ4v) is 3.92. The molecule has 2 aromatic carbocycles. The van der Waals surface area contributed by atoms with Gasteiger partial charge in [0.1, 0.15) is 5.82 Å². The topological polar surface area (TPSA) is 72.2 Å². The van der Waals surface area contributed by atoms with Gasteiger partial charge in [-0.15, -0.1) is 0 Å². The van der Waals surface area contributed by atoms with Crippen molar-refractivity contribution in [1.82, 2.24) is 0 Å². The smallest absolute Gasteiger partial charge is 0.230 e. The average Bonchev–Trinajstić information content (AvgIpc) is 2.63. The molecule has 0 heterocycles. The number of anilines is 1. The van der Waals surface area contributed by atoms with Gasteiger partial charge >= 0.3 is 0 Å². The van der Waals surface area contributed by atoms with Gasteiger partial charge in [-0.3, -0.25) is 9.59 Å². The maximum Gasteiger partial charge on any atom is 0.230 e. The summed E-state index contributed by atoms with van der Waals surface area (Å²) < 4.78 is 13.6. The van der Waals surface area contributed by atoms with Crippen molar-refractivity contribution >= 4 is 17.5 Å². The zero-order valence-electron chi connectivity index (χ0n) is 15.3. The van der Waals surface area contributed by atoms with E-state index in [1.165, 1.54) is 12.1 Å². The number of halogens is 1. The van der Waals surface area contributed by atoms with Crippen LogP contribution in [-0.4, -0.2) is 11.8 Å². The molecular weight excluding hydrogens is 343 g/mol. The van der Waals surface area contributed by atoms with Crippen molar-refractivity contribution in [2.45, 2.75) is 44.9 Å². The standard InChI is InChI=1S/C22H25FN2O2/c23-18-6-4-5-17(13-18)15-22(11-2-1-3-12-22)21(27)25-19-9-7-16(8-10-19)14-20(24)26/h4-10,13H,1-3,11-12,14-15H2,(H2,24,26)(H,25,27). The number of hydrogen-bond donors (Lipinski definition) is 2. The van der Waals surface area contributed by atoms with Gasteiger partial charge in [0.25, 0.3) is 0 Å². The molecule has 2 aromatic rings. The van der Waals surface area contributed by atoms with E-state index in [9.17, 15) is 14.0 Å². The van der Waals surface area contributed by atoms with Gasteiger partial charge in [0, 0.05) is 5.69 Å². The Morgan fingerprint density at radius 3 is 2.33 bits per heavy atom. The summed E-state index contributed by atoms with van der Waals surface area (Å²) in [6, 6.07) is 13.7. The minimum Gasteiger partial charge on any atom is -0.369 e. The summed E-state index contributed by atoms with van der Waals surface area (Å²) in [6.45, 7) is 0. The normalized spacial score (nSPS) is 15.9. The molecule has 3 N–H and O–H groups in total. The van der Waals surface area contributed by atoms with Crippen LogP contribution in [0.15, 0.2) is 48.5 Å². The summed E-state index contributed by atoms with van der Waals surface area (Å²) >= 11 is 0. The van der Waals surface area contributed by atoms with Gasteiger partial charge in [0.2, 0.25) is 11.8 Å². The van der Waals surface area contributed by atoms with Crippen LogP contribution >= 0.6 is 0 Å². The van der Waals surface area contributed by atoms with Crippen molar-refractivity contribution in [3.63, 3.8) is 0 Å². The molecule has 1 fully saturated rings. The highest BCUT2D eigenvalue weighted by molar-refractivity contribution is 5.95. The molecule has 2 amide bonds. The van der Waals surface area contributed by atoms with Crippen molar-refractivity contribution in [2.24, 2.45) is 11.1 Å². The fourth-order valence-electron chi connectivity index (χ4n) is 3.92. The number of carbonyl (C=O) groups is 2. The lowest BCUT2D eigenvalue weighted by Crippen LogP contribution is -2.40. The second-order valence-corrected chi connectivity index (χ2v) is 7.44. The lowest BCUT2D eigenvalue weighted by atomic mass is 9.69. The van der Waals surface area contributed by atoms with Crippen LogP contribution in [0.25, 0.3) is 0 Å². The summed E-state index contributed by atoms with van der Waals surface area (Å²) in [5.74, 6) is -0.680. The van der Waals surface area contributed by atoms with E-state index >= 15 is 0 Å². The molecule has 0 aliphatic heterocycles. The van der Waals surface area contributed by atoms with Gasteiger partial charge in [0.05, 0.1) is 11.8 Å². The van der Waals surface area contributed by atoms with E-state index < -0.39 is 5.41 Å². The Hall–Kier alpha value is -2.69. The third-order valence-corrected chi connectivity index (χ3v) is 5.31. The molecule has 3 rings (SSSR count). The summed E-state index contributed by atoms with van der Waals surface area (Å²) in [7, 11) is 0. The molecule has 0 unspecified atom stereocenters. The molecule has 0 atom stereocenters. The number of carbonyl (C=O) groups excluding carboxylic acids is 2. The van der Waals surface area contributed by atoms with Gasteiger partial charge in [-0.25, -0.2) is 4.39 Å². The first-order valence-electron chi connectivity index (χ1n) is 9.40.